The molecule has 434 valence electrons. The van der Waals surface area contributed by atoms with E-state index in [2.05, 4.69) is 167 Å². The number of ether oxygens (including phenoxy) is 3. The minimum absolute atomic E-state index is 0.0982. The zero-order valence-electron chi connectivity index (χ0n) is 49.7. The largest absolute Gasteiger partial charge is 0.462 e. The van der Waals surface area contributed by atoms with Gasteiger partial charge >= 0.3 is 17.9 Å². The number of hydrogen-bond acceptors (Lipinski definition) is 6. The van der Waals surface area contributed by atoms with Crippen molar-refractivity contribution < 1.29 is 28.6 Å². The molecule has 0 amide bonds. The first-order valence-electron chi connectivity index (χ1n) is 31.3. The van der Waals surface area contributed by atoms with E-state index in [1.165, 1.54) is 77.0 Å². The molecule has 6 heteroatoms. The second-order valence-electron chi connectivity index (χ2n) is 20.2. The average Bonchev–Trinajstić information content (AvgIpc) is 3.43. The molecule has 0 heterocycles. The zero-order valence-corrected chi connectivity index (χ0v) is 49.7. The van der Waals surface area contributed by atoms with Crippen molar-refractivity contribution in [3.63, 3.8) is 0 Å². The Balaban J connectivity index is 4.29. The number of unbranched alkanes of at least 4 members (excludes halogenated alkanes) is 20. The molecule has 0 radical (unpaired) electrons. The Labute approximate surface area is 474 Å². The van der Waals surface area contributed by atoms with Gasteiger partial charge in [0, 0.05) is 19.3 Å². The van der Waals surface area contributed by atoms with Crippen LogP contribution in [0.15, 0.2) is 146 Å². The summed E-state index contributed by atoms with van der Waals surface area (Å²) >= 11 is 0. The van der Waals surface area contributed by atoms with E-state index in [9.17, 15) is 14.4 Å². The summed E-state index contributed by atoms with van der Waals surface area (Å²) in [6.07, 6.45) is 91.6. The number of hydrogen-bond donors (Lipinski definition) is 0. The van der Waals surface area contributed by atoms with Gasteiger partial charge in [-0.05, 0) is 128 Å². The van der Waals surface area contributed by atoms with Crippen molar-refractivity contribution in [3.05, 3.63) is 146 Å². The minimum atomic E-state index is -0.803. The lowest BCUT2D eigenvalue weighted by Crippen LogP contribution is -2.30. The van der Waals surface area contributed by atoms with E-state index in [0.717, 1.165) is 148 Å². The van der Waals surface area contributed by atoms with E-state index in [-0.39, 0.29) is 31.1 Å². The minimum Gasteiger partial charge on any atom is -0.462 e. The van der Waals surface area contributed by atoms with Crippen LogP contribution in [0.2, 0.25) is 0 Å². The molecule has 0 spiro atoms. The Bertz CT molecular complexity index is 1700. The fourth-order valence-corrected chi connectivity index (χ4v) is 8.15. The van der Waals surface area contributed by atoms with Gasteiger partial charge in [-0.15, -0.1) is 0 Å². The van der Waals surface area contributed by atoms with Gasteiger partial charge in [-0.1, -0.05) is 263 Å². The summed E-state index contributed by atoms with van der Waals surface area (Å²) in [6, 6.07) is 0. The SMILES string of the molecule is CC/C=C\C/C=C\C/C=C\C/C=C\C/C=C\C/C=C\C/C=C\C/C=C\C/C=C\CCCCCC(=O)OCC(COC(=O)CCCCCCCCC)OC(=O)CCCCCCCC/C=C\C/C=C\C/C=C\CCCCCCC. The van der Waals surface area contributed by atoms with Crippen LogP contribution in [-0.4, -0.2) is 37.2 Å². The van der Waals surface area contributed by atoms with Gasteiger partial charge in [-0.25, -0.2) is 0 Å². The molecule has 0 aromatic heterocycles. The van der Waals surface area contributed by atoms with Crippen molar-refractivity contribution in [1.29, 1.82) is 0 Å². The highest BCUT2D eigenvalue weighted by molar-refractivity contribution is 5.71. The molecular formula is C71H114O6. The highest BCUT2D eigenvalue weighted by Crippen LogP contribution is 2.14. The molecule has 0 fully saturated rings. The standard InChI is InChI=1S/C71H114O6/c1-4-7-10-13-16-18-20-22-24-26-28-30-31-32-33-34-35-36-37-38-39-41-42-44-46-48-50-52-55-58-61-64-70(73)76-67-68(66-75-69(72)63-60-57-54-15-12-9-6-3)77-71(74)65-62-59-56-53-51-49-47-45-43-40-29-27-25-23-21-19-17-14-11-8-5-2/h7,10,16,18,21-24,27-30,32-33,35-36,38-39,42-45,48,50,68H,4-6,8-9,11-15,17,19-20,25-26,31,34,37,40-41,46-47,49,51-67H2,1-3H3/b10-7-,18-16-,23-21-,24-22-,29-27-,30-28-,33-32-,36-35-,39-38-,44-42-,45-43-,50-48-. The molecule has 0 aromatic carbocycles. The Morgan fingerprint density at radius 3 is 0.805 bits per heavy atom. The Morgan fingerprint density at radius 2 is 0.506 bits per heavy atom. The third-order valence-corrected chi connectivity index (χ3v) is 12.8. The van der Waals surface area contributed by atoms with Crippen molar-refractivity contribution in [2.45, 2.75) is 271 Å². The fraction of sp³-hybridized carbons (Fsp3) is 0.620. The lowest BCUT2D eigenvalue weighted by atomic mass is 10.1. The predicted molar refractivity (Wildman–Crippen MR) is 334 cm³/mol. The lowest BCUT2D eigenvalue weighted by Gasteiger charge is -2.18. The Kier molecular flexibility index (Phi) is 59.9. The first-order chi connectivity index (χ1) is 38.0. The summed E-state index contributed by atoms with van der Waals surface area (Å²) < 4.78 is 16.8. The van der Waals surface area contributed by atoms with E-state index in [1.54, 1.807) is 0 Å². The second-order valence-corrected chi connectivity index (χ2v) is 20.2. The third-order valence-electron chi connectivity index (χ3n) is 12.8. The van der Waals surface area contributed by atoms with E-state index in [4.69, 9.17) is 14.2 Å². The first kappa shape index (κ1) is 72.3. The first-order valence-corrected chi connectivity index (χ1v) is 31.3. The van der Waals surface area contributed by atoms with E-state index >= 15 is 0 Å². The van der Waals surface area contributed by atoms with Gasteiger partial charge in [0.25, 0.3) is 0 Å². The van der Waals surface area contributed by atoms with Crippen molar-refractivity contribution in [2.75, 3.05) is 13.2 Å². The van der Waals surface area contributed by atoms with Gasteiger partial charge in [0.15, 0.2) is 6.10 Å². The molecule has 0 aromatic rings. The summed E-state index contributed by atoms with van der Waals surface area (Å²) in [5.41, 5.74) is 0. The quantitative estimate of drug-likeness (QED) is 0.0261. The van der Waals surface area contributed by atoms with Gasteiger partial charge in [0.2, 0.25) is 0 Å². The molecule has 0 N–H and O–H groups in total. The number of rotatable bonds is 55. The summed E-state index contributed by atoms with van der Waals surface area (Å²) in [7, 11) is 0. The second kappa shape index (κ2) is 63.8. The van der Waals surface area contributed by atoms with Crippen LogP contribution in [0.4, 0.5) is 0 Å². The molecule has 6 nitrogen and oxygen atoms in total. The summed E-state index contributed by atoms with van der Waals surface area (Å²) in [5, 5.41) is 0. The van der Waals surface area contributed by atoms with Gasteiger partial charge in [0.05, 0.1) is 0 Å². The van der Waals surface area contributed by atoms with E-state index in [1.807, 2.05) is 0 Å². The molecule has 0 aliphatic rings. The van der Waals surface area contributed by atoms with E-state index in [0.29, 0.717) is 19.3 Å². The molecule has 0 aliphatic heterocycles. The van der Waals surface area contributed by atoms with Crippen molar-refractivity contribution in [1.82, 2.24) is 0 Å². The number of carbonyl (C=O) groups is 3. The van der Waals surface area contributed by atoms with Crippen LogP contribution < -0.4 is 0 Å². The van der Waals surface area contributed by atoms with Crippen LogP contribution in [0.1, 0.15) is 265 Å². The summed E-state index contributed by atoms with van der Waals surface area (Å²) in [6.45, 7) is 6.43. The molecule has 0 saturated carbocycles. The smallest absolute Gasteiger partial charge is 0.306 e. The Morgan fingerprint density at radius 1 is 0.273 bits per heavy atom. The van der Waals surface area contributed by atoms with Crippen LogP contribution >= 0.6 is 0 Å². The highest BCUT2D eigenvalue weighted by Gasteiger charge is 2.19. The molecule has 77 heavy (non-hydrogen) atoms. The van der Waals surface area contributed by atoms with Crippen LogP contribution in [0.3, 0.4) is 0 Å². The predicted octanol–water partition coefficient (Wildman–Crippen LogP) is 21.5. The molecule has 0 bridgehead atoms. The Hall–Kier alpha value is -4.71. The van der Waals surface area contributed by atoms with Crippen molar-refractivity contribution in [3.8, 4) is 0 Å². The van der Waals surface area contributed by atoms with Crippen LogP contribution in [-0.2, 0) is 28.6 Å². The van der Waals surface area contributed by atoms with Crippen molar-refractivity contribution >= 4 is 17.9 Å². The van der Waals surface area contributed by atoms with Gasteiger partial charge < -0.3 is 14.2 Å². The van der Waals surface area contributed by atoms with Crippen LogP contribution in [0.5, 0.6) is 0 Å². The topological polar surface area (TPSA) is 78.9 Å². The maximum Gasteiger partial charge on any atom is 0.306 e. The maximum absolute atomic E-state index is 12.8. The normalized spacial score (nSPS) is 13.1. The molecule has 1 unspecified atom stereocenters. The lowest BCUT2D eigenvalue weighted by molar-refractivity contribution is -0.167. The molecule has 0 rings (SSSR count). The fourth-order valence-electron chi connectivity index (χ4n) is 8.15. The highest BCUT2D eigenvalue weighted by atomic mass is 16.6. The monoisotopic (exact) mass is 1060 g/mol. The number of allylic oxidation sites excluding steroid dienone is 24. The summed E-state index contributed by atoms with van der Waals surface area (Å²) in [5.74, 6) is -0.956. The van der Waals surface area contributed by atoms with Crippen LogP contribution in [0, 0.1) is 0 Å². The maximum atomic E-state index is 12.8. The average molecular weight is 1060 g/mol. The molecule has 0 aliphatic carbocycles. The van der Waals surface area contributed by atoms with Gasteiger partial charge in [0.1, 0.15) is 13.2 Å². The van der Waals surface area contributed by atoms with Crippen LogP contribution in [0.25, 0.3) is 0 Å². The number of carbonyl (C=O) groups excluding carboxylic acids is 3. The van der Waals surface area contributed by atoms with Crippen molar-refractivity contribution in [2.24, 2.45) is 0 Å². The third kappa shape index (κ3) is 62.0. The molecule has 1 atom stereocenters. The summed E-state index contributed by atoms with van der Waals surface area (Å²) in [4.78, 5) is 38.0. The van der Waals surface area contributed by atoms with E-state index < -0.39 is 6.10 Å². The van der Waals surface area contributed by atoms with Gasteiger partial charge in [-0.3, -0.25) is 14.4 Å². The zero-order chi connectivity index (χ0) is 55.7. The molecule has 0 saturated heterocycles. The number of esters is 3. The molecular weight excluding hydrogens is 949 g/mol. The van der Waals surface area contributed by atoms with Gasteiger partial charge in [-0.2, -0.15) is 0 Å².